The van der Waals surface area contributed by atoms with Crippen LogP contribution in [-0.2, 0) is 11.3 Å². The first-order valence-electron chi connectivity index (χ1n) is 10.3. The third kappa shape index (κ3) is 4.83. The van der Waals surface area contributed by atoms with Crippen LogP contribution >= 0.6 is 0 Å². The number of allylic oxidation sites excluding steroid dienone is 1. The Hall–Kier alpha value is -4.00. The molecule has 0 amide bonds. The molecule has 1 aromatic heterocycles. The largest absolute Gasteiger partial charge is 0.486 e. The van der Waals surface area contributed by atoms with E-state index in [1.807, 2.05) is 35.0 Å². The predicted octanol–water partition coefficient (Wildman–Crippen LogP) is 4.06. The SMILES string of the molecule is C[C@H](Oc1cccc(C=CCn2cccc2C(=O)c2ccc3c(c2)OCCO3)c1)C(=O)O. The average molecular weight is 433 g/mol. The van der Waals surface area contributed by atoms with Gasteiger partial charge in [-0.3, -0.25) is 4.79 Å². The number of aromatic nitrogens is 1. The number of carboxylic acid groups (broad SMARTS) is 1. The molecule has 32 heavy (non-hydrogen) atoms. The zero-order valence-corrected chi connectivity index (χ0v) is 17.6. The van der Waals surface area contributed by atoms with Gasteiger partial charge in [-0.25, -0.2) is 4.79 Å². The molecule has 0 saturated carbocycles. The molecular formula is C25H23NO6. The number of hydrogen-bond acceptors (Lipinski definition) is 5. The van der Waals surface area contributed by atoms with Gasteiger partial charge in [0.15, 0.2) is 17.6 Å². The van der Waals surface area contributed by atoms with Gasteiger partial charge in [0, 0.05) is 18.3 Å². The molecule has 2 heterocycles. The summed E-state index contributed by atoms with van der Waals surface area (Å²) in [6, 6.07) is 16.0. The average Bonchev–Trinajstić information content (AvgIpc) is 3.27. The van der Waals surface area contributed by atoms with Crippen molar-refractivity contribution < 1.29 is 28.9 Å². The van der Waals surface area contributed by atoms with Crippen molar-refractivity contribution in [2.75, 3.05) is 13.2 Å². The standard InChI is InChI=1S/C25H23NO6/c1-17(25(28)29)32-20-7-2-5-18(15-20)6-3-11-26-12-4-8-21(26)24(27)19-9-10-22-23(16-19)31-14-13-30-22/h2-10,12,15-17H,11,13-14H2,1H3,(H,28,29)/t17-/m0/s1. The maximum atomic E-state index is 13.0. The van der Waals surface area contributed by atoms with Crippen molar-refractivity contribution in [3.05, 3.63) is 83.7 Å². The first kappa shape index (κ1) is 21.2. The van der Waals surface area contributed by atoms with Crippen molar-refractivity contribution in [3.8, 4) is 17.2 Å². The molecule has 7 heteroatoms. The van der Waals surface area contributed by atoms with Gasteiger partial charge in [0.05, 0.1) is 5.69 Å². The Morgan fingerprint density at radius 1 is 1.09 bits per heavy atom. The van der Waals surface area contributed by atoms with E-state index in [0.29, 0.717) is 48.3 Å². The molecule has 0 radical (unpaired) electrons. The molecule has 1 aliphatic rings. The van der Waals surface area contributed by atoms with Crippen LogP contribution in [0.2, 0.25) is 0 Å². The minimum atomic E-state index is -1.02. The fraction of sp³-hybridized carbons (Fsp3) is 0.200. The van der Waals surface area contributed by atoms with Crippen LogP contribution in [0.3, 0.4) is 0 Å². The number of hydrogen-bond donors (Lipinski definition) is 1. The number of carboxylic acids is 1. The van der Waals surface area contributed by atoms with Crippen molar-refractivity contribution in [2.24, 2.45) is 0 Å². The molecule has 164 valence electrons. The quantitative estimate of drug-likeness (QED) is 0.539. The Kier molecular flexibility index (Phi) is 6.26. The van der Waals surface area contributed by atoms with Gasteiger partial charge < -0.3 is 23.9 Å². The van der Waals surface area contributed by atoms with E-state index in [-0.39, 0.29) is 5.78 Å². The second-order valence-electron chi connectivity index (χ2n) is 7.31. The van der Waals surface area contributed by atoms with Gasteiger partial charge in [-0.15, -0.1) is 0 Å². The highest BCUT2D eigenvalue weighted by atomic mass is 16.6. The van der Waals surface area contributed by atoms with Crippen LogP contribution in [0.5, 0.6) is 17.2 Å². The van der Waals surface area contributed by atoms with E-state index in [4.69, 9.17) is 19.3 Å². The highest BCUT2D eigenvalue weighted by molar-refractivity contribution is 6.08. The Bertz CT molecular complexity index is 1160. The summed E-state index contributed by atoms with van der Waals surface area (Å²) in [6.45, 7) is 2.95. The van der Waals surface area contributed by atoms with E-state index in [9.17, 15) is 9.59 Å². The summed E-state index contributed by atoms with van der Waals surface area (Å²) in [4.78, 5) is 24.0. The number of ether oxygens (including phenoxy) is 3. The molecule has 7 nitrogen and oxygen atoms in total. The zero-order valence-electron chi connectivity index (χ0n) is 17.6. The minimum absolute atomic E-state index is 0.0987. The van der Waals surface area contributed by atoms with Gasteiger partial charge in [-0.2, -0.15) is 0 Å². The van der Waals surface area contributed by atoms with Crippen LogP contribution in [0.1, 0.15) is 28.5 Å². The number of aliphatic carboxylic acids is 1. The lowest BCUT2D eigenvalue weighted by molar-refractivity contribution is -0.144. The van der Waals surface area contributed by atoms with E-state index in [0.717, 1.165) is 5.56 Å². The molecule has 1 atom stereocenters. The van der Waals surface area contributed by atoms with E-state index < -0.39 is 12.1 Å². The topological polar surface area (TPSA) is 87.0 Å². The summed E-state index contributed by atoms with van der Waals surface area (Å²) in [5, 5.41) is 8.99. The monoisotopic (exact) mass is 433 g/mol. The number of rotatable bonds is 8. The van der Waals surface area contributed by atoms with Crippen LogP contribution < -0.4 is 14.2 Å². The second-order valence-corrected chi connectivity index (χ2v) is 7.31. The maximum absolute atomic E-state index is 13.0. The summed E-state index contributed by atoms with van der Waals surface area (Å²) < 4.78 is 18.4. The van der Waals surface area contributed by atoms with Gasteiger partial charge in [0.25, 0.3) is 0 Å². The molecule has 0 aliphatic carbocycles. The lowest BCUT2D eigenvalue weighted by Crippen LogP contribution is -2.22. The van der Waals surface area contributed by atoms with E-state index >= 15 is 0 Å². The van der Waals surface area contributed by atoms with E-state index in [2.05, 4.69) is 0 Å². The molecule has 0 bridgehead atoms. The highest BCUT2D eigenvalue weighted by Crippen LogP contribution is 2.31. The Morgan fingerprint density at radius 3 is 2.72 bits per heavy atom. The molecule has 1 aliphatic heterocycles. The number of fused-ring (bicyclic) bond motifs is 1. The molecule has 4 rings (SSSR count). The molecular weight excluding hydrogens is 410 g/mol. The van der Waals surface area contributed by atoms with Crippen molar-refractivity contribution in [1.29, 1.82) is 0 Å². The number of ketones is 1. The van der Waals surface area contributed by atoms with Gasteiger partial charge in [-0.1, -0.05) is 24.3 Å². The molecule has 0 saturated heterocycles. The van der Waals surface area contributed by atoms with Gasteiger partial charge in [-0.05, 0) is 55.0 Å². The summed E-state index contributed by atoms with van der Waals surface area (Å²) in [7, 11) is 0. The molecule has 2 aromatic carbocycles. The molecule has 0 unspecified atom stereocenters. The van der Waals surface area contributed by atoms with E-state index in [1.54, 1.807) is 42.5 Å². The Balaban J connectivity index is 1.45. The fourth-order valence-corrected chi connectivity index (χ4v) is 3.36. The molecule has 3 aromatic rings. The van der Waals surface area contributed by atoms with Gasteiger partial charge in [0.1, 0.15) is 19.0 Å². The predicted molar refractivity (Wildman–Crippen MR) is 118 cm³/mol. The second kappa shape index (κ2) is 9.43. The normalized spacial score (nSPS) is 13.7. The zero-order chi connectivity index (χ0) is 22.5. The lowest BCUT2D eigenvalue weighted by atomic mass is 10.1. The van der Waals surface area contributed by atoms with Gasteiger partial charge >= 0.3 is 5.97 Å². The van der Waals surface area contributed by atoms with Crippen LogP contribution in [0.25, 0.3) is 6.08 Å². The van der Waals surface area contributed by atoms with Crippen molar-refractivity contribution in [2.45, 2.75) is 19.6 Å². The van der Waals surface area contributed by atoms with E-state index in [1.165, 1.54) is 6.92 Å². The van der Waals surface area contributed by atoms with Crippen molar-refractivity contribution >= 4 is 17.8 Å². The number of carbonyl (C=O) groups excluding carboxylic acids is 1. The summed E-state index contributed by atoms with van der Waals surface area (Å²) in [5.74, 6) is 0.596. The van der Waals surface area contributed by atoms with Crippen LogP contribution in [0.4, 0.5) is 0 Å². The smallest absolute Gasteiger partial charge is 0.344 e. The molecule has 0 spiro atoms. The van der Waals surface area contributed by atoms with Crippen molar-refractivity contribution in [3.63, 3.8) is 0 Å². The van der Waals surface area contributed by atoms with Gasteiger partial charge in [0.2, 0.25) is 5.78 Å². The lowest BCUT2D eigenvalue weighted by Gasteiger charge is -2.18. The van der Waals surface area contributed by atoms with Crippen LogP contribution in [0.15, 0.2) is 66.9 Å². The number of carbonyl (C=O) groups is 2. The Labute approximate surface area is 185 Å². The number of benzene rings is 2. The molecule has 1 N–H and O–H groups in total. The third-order valence-corrected chi connectivity index (χ3v) is 5.00. The summed E-state index contributed by atoms with van der Waals surface area (Å²) in [6.07, 6.45) is 4.75. The summed E-state index contributed by atoms with van der Waals surface area (Å²) in [5.41, 5.74) is 1.97. The Morgan fingerprint density at radius 2 is 1.91 bits per heavy atom. The van der Waals surface area contributed by atoms with Crippen LogP contribution in [-0.4, -0.2) is 40.7 Å². The first-order valence-corrected chi connectivity index (χ1v) is 10.3. The highest BCUT2D eigenvalue weighted by Gasteiger charge is 2.18. The third-order valence-electron chi connectivity index (χ3n) is 5.00. The fourth-order valence-electron chi connectivity index (χ4n) is 3.36. The minimum Gasteiger partial charge on any atom is -0.486 e. The van der Waals surface area contributed by atoms with Crippen molar-refractivity contribution in [1.82, 2.24) is 4.57 Å². The van der Waals surface area contributed by atoms with Crippen LogP contribution in [0, 0.1) is 0 Å². The summed E-state index contributed by atoms with van der Waals surface area (Å²) >= 11 is 0. The number of nitrogens with zero attached hydrogens (tertiary/aromatic N) is 1. The molecule has 0 fully saturated rings. The maximum Gasteiger partial charge on any atom is 0.344 e. The first-order chi connectivity index (χ1) is 15.5.